The summed E-state index contributed by atoms with van der Waals surface area (Å²) in [7, 11) is 0. The quantitative estimate of drug-likeness (QED) is 0.699. The maximum Gasteiger partial charge on any atom is 0.162 e. The van der Waals surface area contributed by atoms with Crippen molar-refractivity contribution in [3.63, 3.8) is 0 Å². The third kappa shape index (κ3) is 2.65. The van der Waals surface area contributed by atoms with E-state index in [0.29, 0.717) is 22.6 Å². The van der Waals surface area contributed by atoms with E-state index in [-0.39, 0.29) is 5.82 Å². The first-order chi connectivity index (χ1) is 11.1. The molecule has 1 N–H and O–H groups in total. The molecule has 0 spiro atoms. The second-order valence-electron chi connectivity index (χ2n) is 6.07. The molecule has 1 fully saturated rings. The SMILES string of the molecule is Cc1cc(F)cc(Nc2cc(Cl)nc3c(C4CCC4)cnn23)c1. The maximum absolute atomic E-state index is 13.6. The molecule has 4 rings (SSSR count). The number of hydrogen-bond acceptors (Lipinski definition) is 3. The number of benzene rings is 1. The van der Waals surface area contributed by atoms with Crippen LogP contribution in [0.3, 0.4) is 0 Å². The first-order valence-corrected chi connectivity index (χ1v) is 8.06. The number of anilines is 2. The normalized spacial score (nSPS) is 14.9. The Labute approximate surface area is 138 Å². The predicted octanol–water partition coefficient (Wildman–Crippen LogP) is 4.84. The molecule has 0 aliphatic heterocycles. The summed E-state index contributed by atoms with van der Waals surface area (Å²) in [5.74, 6) is 0.915. The lowest BCUT2D eigenvalue weighted by Crippen LogP contribution is -2.09. The van der Waals surface area contributed by atoms with Gasteiger partial charge in [0.25, 0.3) is 0 Å². The van der Waals surface area contributed by atoms with E-state index in [1.165, 1.54) is 31.4 Å². The topological polar surface area (TPSA) is 42.2 Å². The van der Waals surface area contributed by atoms with Crippen LogP contribution in [0, 0.1) is 12.7 Å². The second-order valence-corrected chi connectivity index (χ2v) is 6.46. The van der Waals surface area contributed by atoms with Crippen molar-refractivity contribution < 1.29 is 4.39 Å². The van der Waals surface area contributed by atoms with Crippen molar-refractivity contribution >= 4 is 28.8 Å². The molecule has 1 aromatic carbocycles. The summed E-state index contributed by atoms with van der Waals surface area (Å²) in [4.78, 5) is 4.43. The molecule has 0 saturated heterocycles. The summed E-state index contributed by atoms with van der Waals surface area (Å²) < 4.78 is 15.3. The Bertz CT molecular complexity index is 865. The van der Waals surface area contributed by atoms with E-state index in [2.05, 4.69) is 15.4 Å². The fourth-order valence-electron chi connectivity index (χ4n) is 3.00. The van der Waals surface area contributed by atoms with Crippen molar-refractivity contribution in [2.24, 2.45) is 0 Å². The maximum atomic E-state index is 13.6. The van der Waals surface area contributed by atoms with Gasteiger partial charge in [0.1, 0.15) is 16.8 Å². The van der Waals surface area contributed by atoms with Crippen LogP contribution in [0.1, 0.15) is 36.3 Å². The van der Waals surface area contributed by atoms with E-state index < -0.39 is 0 Å². The predicted molar refractivity (Wildman–Crippen MR) is 89.0 cm³/mol. The van der Waals surface area contributed by atoms with Gasteiger partial charge in [-0.25, -0.2) is 9.37 Å². The number of aryl methyl sites for hydroxylation is 1. The molecule has 0 bridgehead atoms. The molecule has 0 radical (unpaired) electrons. The molecule has 118 valence electrons. The van der Waals surface area contributed by atoms with E-state index in [4.69, 9.17) is 11.6 Å². The molecule has 1 saturated carbocycles. The number of nitrogens with one attached hydrogen (secondary N) is 1. The average Bonchev–Trinajstić information content (AvgIpc) is 2.79. The Balaban J connectivity index is 1.78. The summed E-state index contributed by atoms with van der Waals surface area (Å²) in [6.07, 6.45) is 5.45. The van der Waals surface area contributed by atoms with E-state index in [1.54, 1.807) is 10.6 Å². The summed E-state index contributed by atoms with van der Waals surface area (Å²) in [6, 6.07) is 6.51. The van der Waals surface area contributed by atoms with Gasteiger partial charge in [-0.3, -0.25) is 0 Å². The molecule has 0 atom stereocenters. The minimum atomic E-state index is -0.278. The van der Waals surface area contributed by atoms with Gasteiger partial charge in [-0.15, -0.1) is 0 Å². The molecule has 4 nitrogen and oxygen atoms in total. The smallest absolute Gasteiger partial charge is 0.162 e. The Morgan fingerprint density at radius 2 is 2.09 bits per heavy atom. The number of fused-ring (bicyclic) bond motifs is 1. The lowest BCUT2D eigenvalue weighted by Gasteiger charge is -2.24. The first kappa shape index (κ1) is 14.5. The van der Waals surface area contributed by atoms with Crippen LogP contribution >= 0.6 is 11.6 Å². The van der Waals surface area contributed by atoms with E-state index in [1.807, 2.05) is 19.2 Å². The number of hydrogen-bond donors (Lipinski definition) is 1. The molecule has 1 aliphatic carbocycles. The second kappa shape index (κ2) is 5.49. The molecule has 2 aromatic heterocycles. The van der Waals surface area contributed by atoms with Gasteiger partial charge in [0, 0.05) is 17.3 Å². The van der Waals surface area contributed by atoms with Gasteiger partial charge in [-0.2, -0.15) is 9.61 Å². The van der Waals surface area contributed by atoms with Crippen LogP contribution in [0.4, 0.5) is 15.9 Å². The lowest BCUT2D eigenvalue weighted by atomic mass is 9.81. The Morgan fingerprint density at radius 3 is 2.78 bits per heavy atom. The first-order valence-electron chi connectivity index (χ1n) is 7.68. The standard InChI is InChI=1S/C17H16ClFN4/c1-10-5-12(19)7-13(6-10)21-16-8-15(18)22-17-14(9-20-23(16)17)11-3-2-4-11/h5-9,11,21H,2-4H2,1H3. The Morgan fingerprint density at radius 1 is 1.26 bits per heavy atom. The van der Waals surface area contributed by atoms with Crippen LogP contribution in [-0.4, -0.2) is 14.6 Å². The zero-order chi connectivity index (χ0) is 16.0. The van der Waals surface area contributed by atoms with Crippen molar-refractivity contribution in [1.82, 2.24) is 14.6 Å². The zero-order valence-electron chi connectivity index (χ0n) is 12.7. The zero-order valence-corrected chi connectivity index (χ0v) is 13.4. The van der Waals surface area contributed by atoms with Crippen molar-refractivity contribution in [3.8, 4) is 0 Å². The third-order valence-electron chi connectivity index (χ3n) is 4.33. The number of aromatic nitrogens is 3. The molecule has 23 heavy (non-hydrogen) atoms. The Kier molecular flexibility index (Phi) is 3.45. The van der Waals surface area contributed by atoms with Gasteiger partial charge in [0.05, 0.1) is 6.20 Å². The van der Waals surface area contributed by atoms with Crippen molar-refractivity contribution in [2.45, 2.75) is 32.1 Å². The lowest BCUT2D eigenvalue weighted by molar-refractivity contribution is 0.421. The number of nitrogens with zero attached hydrogens (tertiary/aromatic N) is 3. The minimum absolute atomic E-state index is 0.278. The van der Waals surface area contributed by atoms with Gasteiger partial charge in [-0.1, -0.05) is 18.0 Å². The minimum Gasteiger partial charge on any atom is -0.340 e. The summed E-state index contributed by atoms with van der Waals surface area (Å²) in [5.41, 5.74) is 3.42. The van der Waals surface area contributed by atoms with E-state index >= 15 is 0 Å². The molecular weight excluding hydrogens is 315 g/mol. The van der Waals surface area contributed by atoms with Gasteiger partial charge < -0.3 is 5.32 Å². The van der Waals surface area contributed by atoms with Crippen LogP contribution < -0.4 is 5.32 Å². The number of rotatable bonds is 3. The fraction of sp³-hybridized carbons (Fsp3) is 0.294. The average molecular weight is 331 g/mol. The van der Waals surface area contributed by atoms with Crippen molar-refractivity contribution in [3.05, 3.63) is 52.6 Å². The molecule has 0 unspecified atom stereocenters. The molecule has 3 aromatic rings. The largest absolute Gasteiger partial charge is 0.340 e. The van der Waals surface area contributed by atoms with Crippen LogP contribution in [0.15, 0.2) is 30.5 Å². The molecule has 2 heterocycles. The van der Waals surface area contributed by atoms with Gasteiger partial charge in [-0.05, 0) is 49.4 Å². The van der Waals surface area contributed by atoms with Gasteiger partial charge in [0.2, 0.25) is 0 Å². The molecular formula is C17H16ClFN4. The number of halogens is 2. The highest BCUT2D eigenvalue weighted by molar-refractivity contribution is 6.29. The highest BCUT2D eigenvalue weighted by Gasteiger charge is 2.24. The van der Waals surface area contributed by atoms with E-state index in [9.17, 15) is 4.39 Å². The van der Waals surface area contributed by atoms with Crippen LogP contribution in [0.25, 0.3) is 5.65 Å². The molecule has 1 aliphatic rings. The van der Waals surface area contributed by atoms with Crippen molar-refractivity contribution in [2.75, 3.05) is 5.32 Å². The Hall–Kier alpha value is -2.14. The summed E-state index contributed by atoms with van der Waals surface area (Å²) in [5, 5.41) is 8.03. The van der Waals surface area contributed by atoms with Crippen LogP contribution in [-0.2, 0) is 0 Å². The highest BCUT2D eigenvalue weighted by Crippen LogP contribution is 2.38. The highest BCUT2D eigenvalue weighted by atomic mass is 35.5. The summed E-state index contributed by atoms with van der Waals surface area (Å²) >= 11 is 6.18. The third-order valence-corrected chi connectivity index (χ3v) is 4.52. The van der Waals surface area contributed by atoms with Gasteiger partial charge >= 0.3 is 0 Å². The summed E-state index contributed by atoms with van der Waals surface area (Å²) in [6.45, 7) is 1.85. The molecule has 6 heteroatoms. The van der Waals surface area contributed by atoms with Crippen molar-refractivity contribution in [1.29, 1.82) is 0 Å². The van der Waals surface area contributed by atoms with Crippen LogP contribution in [0.2, 0.25) is 5.15 Å². The molecule has 0 amide bonds. The van der Waals surface area contributed by atoms with Crippen LogP contribution in [0.5, 0.6) is 0 Å². The fourth-order valence-corrected chi connectivity index (χ4v) is 3.19. The van der Waals surface area contributed by atoms with E-state index in [0.717, 1.165) is 16.8 Å². The van der Waals surface area contributed by atoms with Gasteiger partial charge in [0.15, 0.2) is 5.65 Å². The monoisotopic (exact) mass is 330 g/mol.